The number of H-pyrrole nitrogens is 1. The normalized spacial score (nSPS) is 11.2. The topological polar surface area (TPSA) is 103 Å². The molecule has 0 radical (unpaired) electrons. The van der Waals surface area contributed by atoms with Crippen molar-refractivity contribution in [1.82, 2.24) is 25.6 Å². The number of thiazole rings is 1. The number of allylic oxidation sites excluding steroid dienone is 1. The first kappa shape index (κ1) is 13.9. The van der Waals surface area contributed by atoms with E-state index in [0.29, 0.717) is 0 Å². The molecule has 0 bridgehead atoms. The number of aryl methyl sites for hydroxylation is 1. The van der Waals surface area contributed by atoms with Gasteiger partial charge in [0.15, 0.2) is 0 Å². The Labute approximate surface area is 130 Å². The van der Waals surface area contributed by atoms with Crippen LogP contribution in [0.15, 0.2) is 35.8 Å². The van der Waals surface area contributed by atoms with Gasteiger partial charge in [0.05, 0.1) is 10.7 Å². The van der Waals surface area contributed by atoms with E-state index in [1.54, 1.807) is 17.5 Å². The molecule has 0 aliphatic heterocycles. The van der Waals surface area contributed by atoms with Gasteiger partial charge < -0.3 is 5.32 Å². The summed E-state index contributed by atoms with van der Waals surface area (Å²) in [5, 5.41) is 28.7. The molecule has 0 aliphatic carbocycles. The highest BCUT2D eigenvalue weighted by molar-refractivity contribution is 7.09. The number of nitrogens with zero attached hydrogens (tertiary/aromatic N) is 5. The number of para-hydroxylation sites is 1. The first-order chi connectivity index (χ1) is 10.8. The number of benzene rings is 1. The molecular formula is C14H11N7S. The maximum atomic E-state index is 9.17. The summed E-state index contributed by atoms with van der Waals surface area (Å²) in [5.41, 5.74) is 3.01. The lowest BCUT2D eigenvalue weighted by Gasteiger charge is -2.07. The summed E-state index contributed by atoms with van der Waals surface area (Å²) in [7, 11) is 0. The molecule has 3 rings (SSSR count). The largest absolute Gasteiger partial charge is 0.360 e. The van der Waals surface area contributed by atoms with Crippen molar-refractivity contribution in [2.24, 2.45) is 0 Å². The summed E-state index contributed by atoms with van der Waals surface area (Å²) in [4.78, 5) is 4.49. The molecule has 0 atom stereocenters. The minimum absolute atomic E-state index is 0.247. The van der Waals surface area contributed by atoms with Gasteiger partial charge >= 0.3 is 0 Å². The molecule has 0 saturated heterocycles. The van der Waals surface area contributed by atoms with Crippen LogP contribution >= 0.6 is 11.3 Å². The number of hydrogen-bond acceptors (Lipinski definition) is 7. The summed E-state index contributed by atoms with van der Waals surface area (Å²) in [6.45, 7) is 1.97. The number of hydrogen-bond donors (Lipinski definition) is 2. The number of nitriles is 1. The van der Waals surface area contributed by atoms with Crippen LogP contribution in [0.25, 0.3) is 16.8 Å². The Bertz CT molecular complexity index is 842. The third kappa shape index (κ3) is 2.84. The van der Waals surface area contributed by atoms with Crippen LogP contribution in [0.3, 0.4) is 0 Å². The van der Waals surface area contributed by atoms with Crippen molar-refractivity contribution < 1.29 is 0 Å². The second kappa shape index (κ2) is 6.15. The molecule has 0 unspecified atom stereocenters. The highest BCUT2D eigenvalue weighted by atomic mass is 32.1. The minimum Gasteiger partial charge on any atom is -0.360 e. The maximum absolute atomic E-state index is 9.17. The van der Waals surface area contributed by atoms with Crippen LogP contribution in [0.4, 0.5) is 5.69 Å². The highest BCUT2D eigenvalue weighted by Crippen LogP contribution is 2.29. The lowest BCUT2D eigenvalue weighted by atomic mass is 10.1. The second-order valence-corrected chi connectivity index (χ2v) is 5.41. The molecule has 108 valence electrons. The van der Waals surface area contributed by atoms with Crippen molar-refractivity contribution in [2.75, 3.05) is 5.32 Å². The van der Waals surface area contributed by atoms with Crippen molar-refractivity contribution in [1.29, 1.82) is 5.26 Å². The zero-order chi connectivity index (χ0) is 15.4. The standard InChI is InChI=1S/C14H11N7S/c1-9-17-13(8-22-9)11-4-2-3-5-12(11)16-7-10(6-15)14-18-20-21-19-14/h2-5,7-8,16H,1H3,(H,18,19,20,21). The third-order valence-corrected chi connectivity index (χ3v) is 3.67. The Balaban J connectivity index is 1.92. The first-order valence-corrected chi connectivity index (χ1v) is 7.28. The van der Waals surface area contributed by atoms with Crippen molar-refractivity contribution in [2.45, 2.75) is 6.92 Å². The zero-order valence-electron chi connectivity index (χ0n) is 11.6. The molecule has 0 saturated carbocycles. The van der Waals surface area contributed by atoms with E-state index in [9.17, 15) is 5.26 Å². The average molecular weight is 309 g/mol. The van der Waals surface area contributed by atoms with Crippen LogP contribution in [-0.4, -0.2) is 25.6 Å². The molecule has 7 nitrogen and oxygen atoms in total. The van der Waals surface area contributed by atoms with Crippen molar-refractivity contribution >= 4 is 22.6 Å². The minimum atomic E-state index is 0.247. The van der Waals surface area contributed by atoms with Gasteiger partial charge in [0.1, 0.15) is 11.6 Å². The van der Waals surface area contributed by atoms with Gasteiger partial charge in [-0.3, -0.25) is 0 Å². The lowest BCUT2D eigenvalue weighted by molar-refractivity contribution is 0.881. The van der Waals surface area contributed by atoms with Gasteiger partial charge in [0, 0.05) is 22.8 Å². The summed E-state index contributed by atoms with van der Waals surface area (Å²) >= 11 is 1.60. The molecule has 0 amide bonds. The second-order valence-electron chi connectivity index (χ2n) is 4.35. The van der Waals surface area contributed by atoms with E-state index in [-0.39, 0.29) is 11.4 Å². The molecule has 2 heterocycles. The molecule has 22 heavy (non-hydrogen) atoms. The van der Waals surface area contributed by atoms with Crippen molar-refractivity contribution in [3.05, 3.63) is 46.7 Å². The summed E-state index contributed by atoms with van der Waals surface area (Å²) in [6.07, 6.45) is 1.56. The van der Waals surface area contributed by atoms with Crippen LogP contribution in [0.2, 0.25) is 0 Å². The van der Waals surface area contributed by atoms with Crippen LogP contribution in [0.1, 0.15) is 10.8 Å². The average Bonchev–Trinajstić information content (AvgIpc) is 3.20. The number of aromatic amines is 1. The summed E-state index contributed by atoms with van der Waals surface area (Å²) < 4.78 is 0. The fourth-order valence-corrected chi connectivity index (χ4v) is 2.51. The monoisotopic (exact) mass is 309 g/mol. The van der Waals surface area contributed by atoms with E-state index < -0.39 is 0 Å². The van der Waals surface area contributed by atoms with Gasteiger partial charge in [0.2, 0.25) is 5.82 Å². The Morgan fingerprint density at radius 2 is 2.27 bits per heavy atom. The number of tetrazole rings is 1. The molecule has 0 fully saturated rings. The molecule has 8 heteroatoms. The van der Waals surface area contributed by atoms with Crippen LogP contribution in [0.5, 0.6) is 0 Å². The summed E-state index contributed by atoms with van der Waals surface area (Å²) in [6, 6.07) is 9.80. The smallest absolute Gasteiger partial charge is 0.216 e. The van der Waals surface area contributed by atoms with Gasteiger partial charge in [-0.15, -0.1) is 21.5 Å². The quantitative estimate of drug-likeness (QED) is 0.718. The van der Waals surface area contributed by atoms with E-state index >= 15 is 0 Å². The van der Waals surface area contributed by atoms with Gasteiger partial charge in [-0.25, -0.2) is 4.98 Å². The summed E-state index contributed by atoms with van der Waals surface area (Å²) in [5.74, 6) is 0.247. The van der Waals surface area contributed by atoms with E-state index in [2.05, 4.69) is 30.9 Å². The lowest BCUT2D eigenvalue weighted by Crippen LogP contribution is -1.95. The molecular weight excluding hydrogens is 298 g/mol. The van der Waals surface area contributed by atoms with Gasteiger partial charge in [-0.1, -0.05) is 18.2 Å². The van der Waals surface area contributed by atoms with E-state index in [1.165, 1.54) is 0 Å². The number of rotatable bonds is 4. The van der Waals surface area contributed by atoms with Crippen LogP contribution in [-0.2, 0) is 0 Å². The van der Waals surface area contributed by atoms with Crippen LogP contribution in [0, 0.1) is 18.3 Å². The molecule has 0 spiro atoms. The Kier molecular flexibility index (Phi) is 3.89. The van der Waals surface area contributed by atoms with Crippen molar-refractivity contribution in [3.63, 3.8) is 0 Å². The first-order valence-electron chi connectivity index (χ1n) is 6.40. The van der Waals surface area contributed by atoms with Crippen molar-refractivity contribution in [3.8, 4) is 17.3 Å². The predicted molar refractivity (Wildman–Crippen MR) is 83.7 cm³/mol. The number of nitrogens with one attached hydrogen (secondary N) is 2. The number of anilines is 1. The van der Waals surface area contributed by atoms with Gasteiger partial charge in [-0.05, 0) is 18.2 Å². The molecule has 1 aromatic carbocycles. The van der Waals surface area contributed by atoms with Crippen LogP contribution < -0.4 is 5.32 Å². The van der Waals surface area contributed by atoms with Gasteiger partial charge in [0.25, 0.3) is 0 Å². The Morgan fingerprint density at radius 3 is 2.95 bits per heavy atom. The Hall–Kier alpha value is -3.05. The highest BCUT2D eigenvalue weighted by Gasteiger charge is 2.09. The molecule has 3 aromatic rings. The molecule has 2 aromatic heterocycles. The van der Waals surface area contributed by atoms with E-state index in [4.69, 9.17) is 0 Å². The Morgan fingerprint density at radius 1 is 1.41 bits per heavy atom. The fraction of sp³-hybridized carbons (Fsp3) is 0.0714. The van der Waals surface area contributed by atoms with E-state index in [0.717, 1.165) is 22.0 Å². The zero-order valence-corrected chi connectivity index (χ0v) is 12.4. The maximum Gasteiger partial charge on any atom is 0.216 e. The third-order valence-electron chi connectivity index (χ3n) is 2.90. The number of aromatic nitrogens is 5. The fourth-order valence-electron chi connectivity index (χ4n) is 1.89. The molecule has 0 aliphatic rings. The molecule has 2 N–H and O–H groups in total. The SMILES string of the molecule is Cc1nc(-c2ccccc2NC=C(C#N)c2nn[nH]n2)cs1. The van der Waals surface area contributed by atoms with Gasteiger partial charge in [-0.2, -0.15) is 10.5 Å². The van der Waals surface area contributed by atoms with E-state index in [1.807, 2.05) is 42.6 Å². The predicted octanol–water partition coefficient (Wildman–Crippen LogP) is 2.61.